The number of benzene rings is 3. The summed E-state index contributed by atoms with van der Waals surface area (Å²) >= 11 is 0. The van der Waals surface area contributed by atoms with Crippen molar-refractivity contribution in [3.63, 3.8) is 0 Å². The lowest BCUT2D eigenvalue weighted by atomic mass is 10.0. The number of pyridine rings is 1. The van der Waals surface area contributed by atoms with E-state index in [1.165, 1.54) is 33.2 Å². The quantitative estimate of drug-likeness (QED) is 0.308. The maximum Gasteiger partial charge on any atom is 0.169 e. The van der Waals surface area contributed by atoms with Crippen LogP contribution in [0.5, 0.6) is 0 Å². The molecule has 1 aliphatic rings. The minimum Gasteiger partial charge on any atom is -0.384 e. The van der Waals surface area contributed by atoms with Crippen LogP contribution in [0.15, 0.2) is 91.1 Å². The summed E-state index contributed by atoms with van der Waals surface area (Å²) in [4.78, 5) is 4.34. The van der Waals surface area contributed by atoms with Gasteiger partial charge >= 0.3 is 0 Å². The van der Waals surface area contributed by atoms with Gasteiger partial charge in [0.1, 0.15) is 5.82 Å². The van der Waals surface area contributed by atoms with Gasteiger partial charge < -0.3 is 15.7 Å². The van der Waals surface area contributed by atoms with Crippen molar-refractivity contribution < 1.29 is 0 Å². The van der Waals surface area contributed by atoms with Crippen LogP contribution in [-0.2, 0) is 13.0 Å². The van der Waals surface area contributed by atoms with E-state index in [0.717, 1.165) is 30.0 Å². The zero-order valence-electron chi connectivity index (χ0n) is 18.0. The maximum absolute atomic E-state index is 6.03. The highest BCUT2D eigenvalue weighted by atomic mass is 15.6. The molecule has 0 amide bonds. The van der Waals surface area contributed by atoms with Gasteiger partial charge in [0, 0.05) is 30.1 Å². The molecule has 3 heterocycles. The first-order chi connectivity index (χ1) is 16.2. The summed E-state index contributed by atoms with van der Waals surface area (Å²) in [5.74, 6) is 1.23. The van der Waals surface area contributed by atoms with Gasteiger partial charge in [-0.1, -0.05) is 60.7 Å². The molecule has 6 heteroatoms. The fourth-order valence-electron chi connectivity index (χ4n) is 4.60. The molecular formula is C27H24N6. The molecule has 0 fully saturated rings. The van der Waals surface area contributed by atoms with Crippen molar-refractivity contribution in [3.8, 4) is 11.1 Å². The molecule has 5 aromatic rings. The van der Waals surface area contributed by atoms with Crippen LogP contribution in [0.3, 0.4) is 0 Å². The van der Waals surface area contributed by atoms with E-state index < -0.39 is 0 Å². The number of anilines is 3. The monoisotopic (exact) mass is 432 g/mol. The Morgan fingerprint density at radius 3 is 2.55 bits per heavy atom. The standard InChI is InChI=1S/C27H24N6/c28-25-16-22(26-27(29-25)31-32-30-26)15-21-10-5-11-24-23(21)12-13-33(24)17-18-6-4-9-20(14-18)19-7-2-1-3-8-19/h1-14,16,30,32H,15,17H2,(H3,28,29,31). The van der Waals surface area contributed by atoms with Gasteiger partial charge in [0.15, 0.2) is 5.82 Å². The van der Waals surface area contributed by atoms with Crippen LogP contribution in [0.2, 0.25) is 0 Å². The van der Waals surface area contributed by atoms with Crippen molar-refractivity contribution >= 4 is 28.2 Å². The molecule has 0 bridgehead atoms. The first-order valence-electron chi connectivity index (χ1n) is 11.0. The normalized spacial score (nSPS) is 12.4. The Kier molecular flexibility index (Phi) is 4.70. The lowest BCUT2D eigenvalue weighted by Gasteiger charge is -2.11. The zero-order chi connectivity index (χ0) is 22.2. The van der Waals surface area contributed by atoms with Gasteiger partial charge in [-0.15, -0.1) is 5.53 Å². The average Bonchev–Trinajstić information content (AvgIpc) is 3.48. The number of fused-ring (bicyclic) bond motifs is 2. The number of hydrogen-bond donors (Lipinski definition) is 4. The van der Waals surface area contributed by atoms with Gasteiger partial charge in [-0.05, 0) is 52.1 Å². The molecule has 1 aliphatic heterocycles. The van der Waals surface area contributed by atoms with E-state index in [4.69, 9.17) is 5.73 Å². The lowest BCUT2D eigenvalue weighted by Crippen LogP contribution is -2.19. The summed E-state index contributed by atoms with van der Waals surface area (Å²) in [6.45, 7) is 0.820. The van der Waals surface area contributed by atoms with Crippen molar-refractivity contribution in [2.75, 3.05) is 16.6 Å². The van der Waals surface area contributed by atoms with Crippen LogP contribution in [0.25, 0.3) is 22.0 Å². The van der Waals surface area contributed by atoms with Crippen molar-refractivity contribution in [2.45, 2.75) is 13.0 Å². The Morgan fingerprint density at radius 1 is 0.788 bits per heavy atom. The second kappa shape index (κ2) is 8.00. The number of rotatable bonds is 5. The highest BCUT2D eigenvalue weighted by Gasteiger charge is 2.17. The first kappa shape index (κ1) is 19.4. The number of nitrogens with two attached hydrogens (primary N) is 1. The van der Waals surface area contributed by atoms with Gasteiger partial charge in [-0.2, -0.15) is 0 Å². The number of nitrogens with zero attached hydrogens (tertiary/aromatic N) is 2. The molecule has 0 aliphatic carbocycles. The van der Waals surface area contributed by atoms with Crippen LogP contribution in [0, 0.1) is 0 Å². The maximum atomic E-state index is 6.03. The molecule has 0 spiro atoms. The van der Waals surface area contributed by atoms with E-state index in [-0.39, 0.29) is 0 Å². The van der Waals surface area contributed by atoms with Crippen LogP contribution in [-0.4, -0.2) is 9.55 Å². The zero-order valence-corrected chi connectivity index (χ0v) is 18.0. The Bertz CT molecular complexity index is 1450. The minimum atomic E-state index is 0.504. The SMILES string of the molecule is Nc1cc(Cc2cccc3c2ccn3Cc2cccc(-c3ccccc3)c2)c2c(n1)NNN2. The van der Waals surface area contributed by atoms with E-state index in [0.29, 0.717) is 5.82 Å². The number of nitrogens with one attached hydrogen (secondary N) is 3. The molecule has 2 aromatic heterocycles. The van der Waals surface area contributed by atoms with Crippen LogP contribution in [0.1, 0.15) is 16.7 Å². The van der Waals surface area contributed by atoms with Crippen molar-refractivity contribution in [1.29, 1.82) is 0 Å². The van der Waals surface area contributed by atoms with Gasteiger partial charge in [-0.25, -0.2) is 4.98 Å². The van der Waals surface area contributed by atoms with E-state index >= 15 is 0 Å². The Labute approximate surface area is 192 Å². The molecule has 5 N–H and O–H groups in total. The van der Waals surface area contributed by atoms with Gasteiger partial charge in [0.2, 0.25) is 0 Å². The van der Waals surface area contributed by atoms with Crippen LogP contribution >= 0.6 is 0 Å². The van der Waals surface area contributed by atoms with Crippen molar-refractivity contribution in [1.82, 2.24) is 15.1 Å². The molecule has 162 valence electrons. The first-order valence-corrected chi connectivity index (χ1v) is 11.0. The Morgan fingerprint density at radius 2 is 1.64 bits per heavy atom. The van der Waals surface area contributed by atoms with Crippen molar-refractivity contribution in [2.24, 2.45) is 0 Å². The predicted molar refractivity (Wildman–Crippen MR) is 135 cm³/mol. The Balaban J connectivity index is 1.32. The smallest absolute Gasteiger partial charge is 0.169 e. The Hall–Kier alpha value is -4.29. The van der Waals surface area contributed by atoms with Gasteiger partial charge in [0.05, 0.1) is 5.69 Å². The topological polar surface area (TPSA) is 79.9 Å². The van der Waals surface area contributed by atoms with E-state index in [1.807, 2.05) is 6.07 Å². The number of hydrazine groups is 2. The summed E-state index contributed by atoms with van der Waals surface area (Å²) in [7, 11) is 0. The summed E-state index contributed by atoms with van der Waals surface area (Å²) in [5.41, 5.74) is 23.3. The molecule has 6 nitrogen and oxygen atoms in total. The molecule has 0 atom stereocenters. The third-order valence-electron chi connectivity index (χ3n) is 6.16. The number of aromatic nitrogens is 2. The average molecular weight is 433 g/mol. The van der Waals surface area contributed by atoms with Gasteiger partial charge in [-0.3, -0.25) is 5.43 Å². The molecule has 0 unspecified atom stereocenters. The summed E-state index contributed by atoms with van der Waals surface area (Å²) in [6.07, 6.45) is 2.94. The molecule has 0 saturated carbocycles. The molecule has 6 rings (SSSR count). The third kappa shape index (κ3) is 3.66. The number of hydrogen-bond acceptors (Lipinski definition) is 5. The lowest BCUT2D eigenvalue weighted by molar-refractivity contribution is 0.837. The summed E-state index contributed by atoms with van der Waals surface area (Å²) in [5, 5.41) is 1.25. The summed E-state index contributed by atoms with van der Waals surface area (Å²) < 4.78 is 2.32. The molecule has 3 aromatic carbocycles. The van der Waals surface area contributed by atoms with E-state index in [9.17, 15) is 0 Å². The number of nitrogen functional groups attached to an aromatic ring is 1. The third-order valence-corrected chi connectivity index (χ3v) is 6.16. The highest BCUT2D eigenvalue weighted by Crippen LogP contribution is 2.32. The second-order valence-electron chi connectivity index (χ2n) is 8.34. The van der Waals surface area contributed by atoms with Crippen LogP contribution < -0.4 is 22.1 Å². The molecule has 33 heavy (non-hydrogen) atoms. The molecule has 0 saturated heterocycles. The molecular weight excluding hydrogens is 408 g/mol. The molecule has 0 radical (unpaired) electrons. The largest absolute Gasteiger partial charge is 0.384 e. The predicted octanol–water partition coefficient (Wildman–Crippen LogP) is 5.18. The van der Waals surface area contributed by atoms with E-state index in [1.54, 1.807) is 0 Å². The van der Waals surface area contributed by atoms with Crippen LogP contribution in [0.4, 0.5) is 17.3 Å². The second-order valence-corrected chi connectivity index (χ2v) is 8.34. The highest BCUT2D eigenvalue weighted by molar-refractivity contribution is 5.85. The minimum absolute atomic E-state index is 0.504. The van der Waals surface area contributed by atoms with Gasteiger partial charge in [0.25, 0.3) is 0 Å². The van der Waals surface area contributed by atoms with Crippen molar-refractivity contribution in [3.05, 3.63) is 108 Å². The fourth-order valence-corrected chi connectivity index (χ4v) is 4.60. The fraction of sp³-hybridized carbons (Fsp3) is 0.0741. The summed E-state index contributed by atoms with van der Waals surface area (Å²) in [6, 6.07) is 29.9. The van der Waals surface area contributed by atoms with E-state index in [2.05, 4.69) is 111 Å².